The number of amides is 2. The number of alkyl halides is 3. The number of hydrogen-bond donors (Lipinski definition) is 2. The van der Waals surface area contributed by atoms with Gasteiger partial charge in [0.1, 0.15) is 11.6 Å². The molecule has 0 saturated carbocycles. The fourth-order valence-electron chi connectivity index (χ4n) is 7.70. The summed E-state index contributed by atoms with van der Waals surface area (Å²) in [5.74, 6) is -0.641. The molecule has 2 amide bonds. The van der Waals surface area contributed by atoms with Crippen molar-refractivity contribution in [2.24, 2.45) is 10.9 Å². The lowest BCUT2D eigenvalue weighted by Crippen LogP contribution is -2.45. The summed E-state index contributed by atoms with van der Waals surface area (Å²) in [7, 11) is 0. The summed E-state index contributed by atoms with van der Waals surface area (Å²) in [5, 5.41) is 6.24. The Labute approximate surface area is 323 Å². The summed E-state index contributed by atoms with van der Waals surface area (Å²) in [4.78, 5) is 43.7. The van der Waals surface area contributed by atoms with E-state index in [2.05, 4.69) is 41.2 Å². The minimum absolute atomic E-state index is 0.0518. The van der Waals surface area contributed by atoms with Gasteiger partial charge in [-0.05, 0) is 79.0 Å². The zero-order valence-corrected chi connectivity index (χ0v) is 31.1. The maximum atomic E-state index is 15.8. The smallest absolute Gasteiger partial charge is 0.356 e. The topological polar surface area (TPSA) is 112 Å². The molecule has 5 heterocycles. The van der Waals surface area contributed by atoms with Crippen LogP contribution in [-0.2, 0) is 16.1 Å². The SMILES string of the molecule is CC1CC=C(C2=CCC(OC(F)(F)F)N=C2)C(F)=C1C(=O)NC1CCN(Cc2ccc(N3CCC(NC(=O)c4cccc(-c5cccnc5)c4)CC3)nc2)CC1. The number of aliphatic imine (C=N–C) groups is 1. The van der Waals surface area contributed by atoms with E-state index < -0.39 is 24.3 Å². The number of piperidine rings is 2. The molecular weight excluding hydrogens is 726 g/mol. The van der Waals surface area contributed by atoms with Crippen molar-refractivity contribution >= 4 is 23.8 Å². The van der Waals surface area contributed by atoms with Crippen molar-refractivity contribution < 1.29 is 31.9 Å². The standard InChI is InChI=1S/C42H45F4N7O3/c1-27-7-10-35(32-9-12-37(49-25-32)56-42(44,45)46)39(43)38(27)41(55)51-33-13-18-52(19-14-33)26-28-8-11-36(48-23-28)53-20-15-34(16-21-53)50-40(54)30-5-2-4-29(22-30)31-6-3-17-47-24-31/h2-6,8-11,17,22-25,27,33-34,37H,7,12-16,18-21,26H2,1H3,(H,50,54)(H,51,55). The normalized spacial score (nSPS) is 21.4. The molecule has 2 aromatic heterocycles. The Balaban J connectivity index is 0.845. The highest BCUT2D eigenvalue weighted by molar-refractivity contribution is 5.98. The molecule has 3 aliphatic heterocycles. The summed E-state index contributed by atoms with van der Waals surface area (Å²) in [5.41, 5.74) is 4.20. The number of halogens is 4. The number of nitrogens with one attached hydrogen (secondary N) is 2. The molecule has 14 heteroatoms. The fraction of sp³-hybridized carbons (Fsp3) is 0.405. The third-order valence-corrected chi connectivity index (χ3v) is 10.8. The summed E-state index contributed by atoms with van der Waals surface area (Å²) in [6.07, 6.45) is 6.82. The molecule has 2 N–H and O–H groups in total. The first-order valence-electron chi connectivity index (χ1n) is 19.1. The van der Waals surface area contributed by atoms with Crippen molar-refractivity contribution in [3.63, 3.8) is 0 Å². The summed E-state index contributed by atoms with van der Waals surface area (Å²) in [6, 6.07) is 15.6. The number of aromatic nitrogens is 2. The van der Waals surface area contributed by atoms with Crippen molar-refractivity contribution in [3.05, 3.63) is 113 Å². The first kappa shape index (κ1) is 39.0. The number of hydrogen-bond acceptors (Lipinski definition) is 8. The van der Waals surface area contributed by atoms with Gasteiger partial charge in [-0.15, -0.1) is 13.2 Å². The summed E-state index contributed by atoms with van der Waals surface area (Å²) >= 11 is 0. The molecule has 7 rings (SSSR count). The van der Waals surface area contributed by atoms with Gasteiger partial charge in [0.15, 0.2) is 6.23 Å². The Morgan fingerprint density at radius 2 is 1.61 bits per heavy atom. The second-order valence-electron chi connectivity index (χ2n) is 14.8. The van der Waals surface area contributed by atoms with Crippen molar-refractivity contribution in [3.8, 4) is 11.1 Å². The average molecular weight is 772 g/mol. The minimum atomic E-state index is -4.82. The molecule has 56 heavy (non-hydrogen) atoms. The number of likely N-dealkylation sites (tertiary alicyclic amines) is 1. The molecule has 0 bridgehead atoms. The highest BCUT2D eigenvalue weighted by Gasteiger charge is 2.35. The third kappa shape index (κ3) is 9.77. The highest BCUT2D eigenvalue weighted by atomic mass is 19.4. The van der Waals surface area contributed by atoms with Crippen molar-refractivity contribution in [1.29, 1.82) is 0 Å². The maximum absolute atomic E-state index is 15.8. The number of allylic oxidation sites excluding steroid dienone is 4. The third-order valence-electron chi connectivity index (χ3n) is 10.8. The molecule has 2 saturated heterocycles. The number of nitrogens with zero attached hydrogens (tertiary/aromatic N) is 5. The predicted molar refractivity (Wildman–Crippen MR) is 205 cm³/mol. The second-order valence-corrected chi connectivity index (χ2v) is 14.8. The number of carbonyl (C=O) groups excluding carboxylic acids is 2. The number of dihydropyridines is 1. The predicted octanol–water partition coefficient (Wildman–Crippen LogP) is 7.08. The first-order valence-corrected chi connectivity index (χ1v) is 19.1. The Morgan fingerprint density at radius 1 is 0.875 bits per heavy atom. The van der Waals surface area contributed by atoms with Gasteiger partial charge in [-0.1, -0.05) is 43.3 Å². The lowest BCUT2D eigenvalue weighted by Gasteiger charge is -2.34. The fourth-order valence-corrected chi connectivity index (χ4v) is 7.70. The van der Waals surface area contributed by atoms with Gasteiger partial charge < -0.3 is 15.5 Å². The number of pyridine rings is 2. The Hall–Kier alpha value is -5.21. The Kier molecular flexibility index (Phi) is 12.1. The Bertz CT molecular complexity index is 2000. The van der Waals surface area contributed by atoms with E-state index in [1.165, 1.54) is 12.3 Å². The molecule has 294 valence electrons. The molecule has 0 spiro atoms. The van der Waals surface area contributed by atoms with E-state index in [0.717, 1.165) is 68.1 Å². The molecule has 3 aromatic rings. The van der Waals surface area contributed by atoms with Crippen LogP contribution in [0.1, 0.15) is 61.4 Å². The van der Waals surface area contributed by atoms with Gasteiger partial charge in [0.25, 0.3) is 11.8 Å². The highest BCUT2D eigenvalue weighted by Crippen LogP contribution is 2.36. The van der Waals surface area contributed by atoms with E-state index in [-0.39, 0.29) is 41.5 Å². The number of ether oxygens (including phenoxy) is 1. The van der Waals surface area contributed by atoms with Gasteiger partial charge in [0, 0.05) is 92.7 Å². The van der Waals surface area contributed by atoms with Crippen LogP contribution in [0.25, 0.3) is 11.1 Å². The van der Waals surface area contributed by atoms with Gasteiger partial charge >= 0.3 is 6.36 Å². The number of anilines is 1. The first-order chi connectivity index (χ1) is 27.0. The zero-order valence-electron chi connectivity index (χ0n) is 31.1. The van der Waals surface area contributed by atoms with Gasteiger partial charge in [0.05, 0.1) is 5.57 Å². The van der Waals surface area contributed by atoms with Crippen LogP contribution in [0.4, 0.5) is 23.4 Å². The van der Waals surface area contributed by atoms with Crippen molar-refractivity contribution in [1.82, 2.24) is 25.5 Å². The monoisotopic (exact) mass is 771 g/mol. The Morgan fingerprint density at radius 3 is 2.27 bits per heavy atom. The van der Waals surface area contributed by atoms with Crippen molar-refractivity contribution in [2.45, 2.75) is 76.7 Å². The van der Waals surface area contributed by atoms with Gasteiger partial charge in [-0.3, -0.25) is 29.2 Å². The van der Waals surface area contributed by atoms with Crippen LogP contribution in [0.5, 0.6) is 0 Å². The summed E-state index contributed by atoms with van der Waals surface area (Å²) < 4.78 is 57.4. The van der Waals surface area contributed by atoms with Gasteiger partial charge in [-0.2, -0.15) is 0 Å². The number of carbonyl (C=O) groups is 2. The molecular formula is C42H45F4N7O3. The largest absolute Gasteiger partial charge is 0.524 e. The maximum Gasteiger partial charge on any atom is 0.524 e. The van der Waals surface area contributed by atoms with E-state index in [1.807, 2.05) is 48.7 Å². The zero-order chi connectivity index (χ0) is 39.2. The lowest BCUT2D eigenvalue weighted by molar-refractivity contribution is -0.341. The number of benzene rings is 1. The average Bonchev–Trinajstić information content (AvgIpc) is 3.19. The van der Waals surface area contributed by atoms with E-state index in [9.17, 15) is 22.8 Å². The van der Waals surface area contributed by atoms with Crippen LogP contribution in [0.3, 0.4) is 0 Å². The van der Waals surface area contributed by atoms with E-state index in [1.54, 1.807) is 25.4 Å². The van der Waals surface area contributed by atoms with Crippen LogP contribution in [0.2, 0.25) is 0 Å². The van der Waals surface area contributed by atoms with E-state index >= 15 is 4.39 Å². The molecule has 2 unspecified atom stereocenters. The molecule has 1 aromatic carbocycles. The van der Waals surface area contributed by atoms with Crippen LogP contribution < -0.4 is 15.5 Å². The summed E-state index contributed by atoms with van der Waals surface area (Å²) in [6.45, 7) is 5.60. The second kappa shape index (κ2) is 17.3. The van der Waals surface area contributed by atoms with E-state index in [4.69, 9.17) is 4.98 Å². The van der Waals surface area contributed by atoms with Gasteiger partial charge in [-0.25, -0.2) is 9.37 Å². The van der Waals surface area contributed by atoms with Crippen LogP contribution in [0, 0.1) is 5.92 Å². The van der Waals surface area contributed by atoms with Crippen molar-refractivity contribution in [2.75, 3.05) is 31.1 Å². The lowest BCUT2D eigenvalue weighted by atomic mass is 9.85. The molecule has 0 radical (unpaired) electrons. The van der Waals surface area contributed by atoms with Crippen LogP contribution in [0.15, 0.2) is 107 Å². The molecule has 4 aliphatic rings. The number of rotatable bonds is 10. The van der Waals surface area contributed by atoms with E-state index in [0.29, 0.717) is 30.4 Å². The minimum Gasteiger partial charge on any atom is -0.356 e. The molecule has 1 aliphatic carbocycles. The van der Waals surface area contributed by atoms with Gasteiger partial charge in [0.2, 0.25) is 0 Å². The molecule has 10 nitrogen and oxygen atoms in total. The van der Waals surface area contributed by atoms with Crippen LogP contribution >= 0.6 is 0 Å². The van der Waals surface area contributed by atoms with Crippen LogP contribution in [-0.4, -0.2) is 83.7 Å². The molecule has 2 atom stereocenters. The molecule has 2 fully saturated rings. The quantitative estimate of drug-likeness (QED) is 0.212.